The van der Waals surface area contributed by atoms with Gasteiger partial charge in [0.05, 0.1) is 6.54 Å². The van der Waals surface area contributed by atoms with Gasteiger partial charge in [0.25, 0.3) is 0 Å². The van der Waals surface area contributed by atoms with Crippen LogP contribution in [0.3, 0.4) is 0 Å². The third-order valence-electron chi connectivity index (χ3n) is 1.47. The molecule has 0 radical (unpaired) electrons. The first-order valence-electron chi connectivity index (χ1n) is 3.55. The second kappa shape index (κ2) is 4.90. The van der Waals surface area contributed by atoms with Gasteiger partial charge in [-0.2, -0.15) is 0 Å². The lowest BCUT2D eigenvalue weighted by atomic mass is 10.2. The molecule has 0 aromatic rings. The predicted molar refractivity (Wildman–Crippen MR) is 50.5 cm³/mol. The van der Waals surface area contributed by atoms with Gasteiger partial charge in [0.15, 0.2) is 0 Å². The fraction of sp³-hybridized carbons (Fsp3) is 0.833. The van der Waals surface area contributed by atoms with Crippen molar-refractivity contribution in [3.8, 4) is 0 Å². The molecule has 0 bridgehead atoms. The first-order valence-corrected chi connectivity index (χ1v) is 6.04. The second-order valence-corrected chi connectivity index (χ2v) is 5.07. The molecule has 1 saturated heterocycles. The average molecular weight is 192 g/mol. The van der Waals surface area contributed by atoms with Gasteiger partial charge in [0.1, 0.15) is 0 Å². The van der Waals surface area contributed by atoms with Crippen LogP contribution in [0.2, 0.25) is 0 Å². The normalized spacial score (nSPS) is 24.9. The Morgan fingerprint density at radius 2 is 2.45 bits per heavy atom. The summed E-state index contributed by atoms with van der Waals surface area (Å²) in [6.07, 6.45) is 1.14. The molecule has 1 unspecified atom stereocenters. The molecule has 1 heterocycles. The lowest BCUT2D eigenvalue weighted by molar-refractivity contribution is -0.117. The van der Waals surface area contributed by atoms with Gasteiger partial charge in [-0.25, -0.2) is 0 Å². The topological polar surface area (TPSA) is 55.1 Å². The molecule has 1 amide bonds. The molecule has 64 valence electrons. The Hall–Kier alpha value is 0.130. The van der Waals surface area contributed by atoms with Crippen molar-refractivity contribution in [2.75, 3.05) is 18.1 Å². The summed E-state index contributed by atoms with van der Waals surface area (Å²) in [6.45, 7) is 0.315. The highest BCUT2D eigenvalue weighted by atomic mass is 33.1. The molecule has 5 heteroatoms. The quantitative estimate of drug-likeness (QED) is 0.628. The van der Waals surface area contributed by atoms with Gasteiger partial charge in [-0.05, 0) is 6.42 Å². The lowest BCUT2D eigenvalue weighted by Gasteiger charge is -2.20. The Kier molecular flexibility index (Phi) is 4.11. The zero-order valence-corrected chi connectivity index (χ0v) is 7.84. The lowest BCUT2D eigenvalue weighted by Crippen LogP contribution is -2.39. The number of nitrogens with one attached hydrogen (secondary N) is 1. The van der Waals surface area contributed by atoms with Gasteiger partial charge >= 0.3 is 0 Å². The summed E-state index contributed by atoms with van der Waals surface area (Å²) in [4.78, 5) is 10.4. The van der Waals surface area contributed by atoms with E-state index in [0.29, 0.717) is 12.6 Å². The van der Waals surface area contributed by atoms with Crippen LogP contribution in [0.25, 0.3) is 0 Å². The van der Waals surface area contributed by atoms with E-state index in [1.807, 2.05) is 21.6 Å². The van der Waals surface area contributed by atoms with E-state index >= 15 is 0 Å². The Morgan fingerprint density at radius 3 is 3.00 bits per heavy atom. The smallest absolute Gasteiger partial charge is 0.231 e. The largest absolute Gasteiger partial charge is 0.369 e. The number of primary amides is 1. The minimum atomic E-state index is -0.270. The van der Waals surface area contributed by atoms with E-state index < -0.39 is 0 Å². The maximum Gasteiger partial charge on any atom is 0.231 e. The molecular weight excluding hydrogens is 180 g/mol. The molecule has 0 aromatic heterocycles. The van der Waals surface area contributed by atoms with Crippen LogP contribution in [0.1, 0.15) is 6.42 Å². The molecule has 1 rings (SSSR count). The Labute approximate surface area is 74.3 Å². The van der Waals surface area contributed by atoms with Crippen LogP contribution in [-0.4, -0.2) is 30.0 Å². The first-order chi connectivity index (χ1) is 5.29. The number of rotatable bonds is 3. The van der Waals surface area contributed by atoms with Gasteiger partial charge in [-0.1, -0.05) is 21.6 Å². The molecule has 1 atom stereocenters. The van der Waals surface area contributed by atoms with Gasteiger partial charge in [0, 0.05) is 17.5 Å². The van der Waals surface area contributed by atoms with E-state index in [9.17, 15) is 4.79 Å². The number of carbonyl (C=O) groups excluding carboxylic acids is 1. The van der Waals surface area contributed by atoms with Gasteiger partial charge < -0.3 is 11.1 Å². The van der Waals surface area contributed by atoms with Crippen molar-refractivity contribution in [3.05, 3.63) is 0 Å². The van der Waals surface area contributed by atoms with Crippen LogP contribution in [-0.2, 0) is 4.79 Å². The van der Waals surface area contributed by atoms with Crippen molar-refractivity contribution in [2.45, 2.75) is 12.5 Å². The van der Waals surface area contributed by atoms with E-state index in [0.717, 1.165) is 12.2 Å². The molecule has 11 heavy (non-hydrogen) atoms. The first kappa shape index (κ1) is 9.22. The highest BCUT2D eigenvalue weighted by molar-refractivity contribution is 8.76. The SMILES string of the molecule is NC(=O)CNC1CCSSC1. The molecule has 0 aliphatic carbocycles. The van der Waals surface area contributed by atoms with Crippen LogP contribution >= 0.6 is 21.6 Å². The third-order valence-corrected chi connectivity index (χ3v) is 3.98. The summed E-state index contributed by atoms with van der Waals surface area (Å²) in [5.41, 5.74) is 5.00. The maximum atomic E-state index is 10.4. The van der Waals surface area contributed by atoms with Gasteiger partial charge in [0.2, 0.25) is 5.91 Å². The van der Waals surface area contributed by atoms with Crippen molar-refractivity contribution < 1.29 is 4.79 Å². The van der Waals surface area contributed by atoms with Crippen molar-refractivity contribution >= 4 is 27.5 Å². The minimum absolute atomic E-state index is 0.270. The summed E-state index contributed by atoms with van der Waals surface area (Å²) in [7, 11) is 3.75. The average Bonchev–Trinajstić information content (AvgIpc) is 2.03. The number of nitrogens with two attached hydrogens (primary N) is 1. The van der Waals surface area contributed by atoms with Crippen LogP contribution in [0, 0.1) is 0 Å². The number of hydrogen-bond acceptors (Lipinski definition) is 4. The Morgan fingerprint density at radius 1 is 1.64 bits per heavy atom. The van der Waals surface area contributed by atoms with Crippen LogP contribution in [0.4, 0.5) is 0 Å². The summed E-state index contributed by atoms with van der Waals surface area (Å²) in [6, 6.07) is 0.480. The molecule has 1 aliphatic heterocycles. The zero-order chi connectivity index (χ0) is 8.10. The van der Waals surface area contributed by atoms with Crippen LogP contribution in [0.5, 0.6) is 0 Å². The predicted octanol–water partition coefficient (Wildman–Crippen LogP) is 0.215. The molecule has 1 aliphatic rings. The van der Waals surface area contributed by atoms with Crippen LogP contribution in [0.15, 0.2) is 0 Å². The zero-order valence-electron chi connectivity index (χ0n) is 6.21. The third kappa shape index (κ3) is 3.88. The van der Waals surface area contributed by atoms with Crippen molar-refractivity contribution in [2.24, 2.45) is 5.73 Å². The van der Waals surface area contributed by atoms with E-state index in [-0.39, 0.29) is 5.91 Å². The Bertz CT molecular complexity index is 137. The molecule has 0 spiro atoms. The maximum absolute atomic E-state index is 10.4. The van der Waals surface area contributed by atoms with E-state index in [1.54, 1.807) is 0 Å². The highest BCUT2D eigenvalue weighted by Crippen LogP contribution is 2.28. The van der Waals surface area contributed by atoms with Gasteiger partial charge in [-0.3, -0.25) is 4.79 Å². The van der Waals surface area contributed by atoms with Gasteiger partial charge in [-0.15, -0.1) is 0 Å². The van der Waals surface area contributed by atoms with Crippen LogP contribution < -0.4 is 11.1 Å². The van der Waals surface area contributed by atoms with Crippen molar-refractivity contribution in [3.63, 3.8) is 0 Å². The number of carbonyl (C=O) groups is 1. The molecule has 1 fully saturated rings. The molecule has 3 N–H and O–H groups in total. The summed E-state index contributed by atoms with van der Waals surface area (Å²) < 4.78 is 0. The monoisotopic (exact) mass is 192 g/mol. The van der Waals surface area contributed by atoms with E-state index in [1.165, 1.54) is 5.75 Å². The van der Waals surface area contributed by atoms with E-state index in [4.69, 9.17) is 5.73 Å². The standard InChI is InChI=1S/C6H12N2OS2/c7-6(9)3-8-5-1-2-10-11-4-5/h5,8H,1-4H2,(H2,7,9). The minimum Gasteiger partial charge on any atom is -0.369 e. The molecule has 3 nitrogen and oxygen atoms in total. The summed E-state index contributed by atoms with van der Waals surface area (Å²) >= 11 is 0. The summed E-state index contributed by atoms with van der Waals surface area (Å²) in [5.74, 6) is 1.98. The molecule has 0 saturated carbocycles. The van der Waals surface area contributed by atoms with Crippen molar-refractivity contribution in [1.29, 1.82) is 0 Å². The number of hydrogen-bond donors (Lipinski definition) is 2. The number of amides is 1. The highest BCUT2D eigenvalue weighted by Gasteiger charge is 2.13. The van der Waals surface area contributed by atoms with E-state index in [2.05, 4.69) is 5.32 Å². The molecular formula is C6H12N2OS2. The second-order valence-electron chi connectivity index (χ2n) is 2.44. The fourth-order valence-electron chi connectivity index (χ4n) is 0.869. The molecule has 0 aromatic carbocycles. The van der Waals surface area contributed by atoms with Crippen molar-refractivity contribution in [1.82, 2.24) is 5.32 Å². The fourth-order valence-corrected chi connectivity index (χ4v) is 3.34. The Balaban J connectivity index is 2.09. The summed E-state index contributed by atoms with van der Waals surface area (Å²) in [5, 5.41) is 3.11.